The molecule has 2 aromatic rings. The van der Waals surface area contributed by atoms with Crippen LogP contribution >= 0.6 is 0 Å². The molecule has 148 valence electrons. The highest BCUT2D eigenvalue weighted by Gasteiger charge is 2.27. The third-order valence-electron chi connectivity index (χ3n) is 4.23. The van der Waals surface area contributed by atoms with E-state index in [1.165, 1.54) is 14.2 Å². The molecule has 1 heterocycles. The summed E-state index contributed by atoms with van der Waals surface area (Å²) in [4.78, 5) is 15.4. The van der Waals surface area contributed by atoms with E-state index in [9.17, 15) is 4.79 Å². The van der Waals surface area contributed by atoms with E-state index in [0.717, 1.165) is 16.8 Å². The van der Waals surface area contributed by atoms with Crippen molar-refractivity contribution in [1.29, 1.82) is 0 Å². The molecule has 0 amide bonds. The monoisotopic (exact) mass is 378 g/mol. The number of carbonyl (C=O) groups excluding carboxylic acids is 1. The lowest BCUT2D eigenvalue weighted by Crippen LogP contribution is -2.06. The first-order chi connectivity index (χ1) is 13.1. The molecule has 0 radical (unpaired) electrons. The Labute approximate surface area is 158 Å². The summed E-state index contributed by atoms with van der Waals surface area (Å²) < 4.78 is 26.7. The molecule has 0 atom stereocenters. The Morgan fingerprint density at radius 3 is 2.26 bits per heavy atom. The summed E-state index contributed by atoms with van der Waals surface area (Å²) in [7, 11) is 7.54. The molecule has 0 aliphatic rings. The largest absolute Gasteiger partial charge is 0.493 e. The molecule has 8 nitrogen and oxygen atoms in total. The highest BCUT2D eigenvalue weighted by molar-refractivity contribution is 5.94. The Bertz CT molecular complexity index is 800. The van der Waals surface area contributed by atoms with E-state index in [4.69, 9.17) is 29.4 Å². The molecule has 27 heavy (non-hydrogen) atoms. The van der Waals surface area contributed by atoms with Crippen LogP contribution in [-0.2, 0) is 22.5 Å². The lowest BCUT2D eigenvalue weighted by molar-refractivity contribution is 0.0589. The number of esters is 1. The zero-order valence-corrected chi connectivity index (χ0v) is 16.3. The zero-order chi connectivity index (χ0) is 20.0. The van der Waals surface area contributed by atoms with Gasteiger partial charge in [-0.1, -0.05) is 0 Å². The van der Waals surface area contributed by atoms with Crippen LogP contribution in [0.1, 0.15) is 21.7 Å². The summed E-state index contributed by atoms with van der Waals surface area (Å²) in [5.74, 6) is 1.00. The van der Waals surface area contributed by atoms with Crippen LogP contribution in [0.4, 0.5) is 0 Å². The van der Waals surface area contributed by atoms with Gasteiger partial charge in [0, 0.05) is 35.9 Å². The van der Waals surface area contributed by atoms with Crippen molar-refractivity contribution < 1.29 is 28.5 Å². The molecular formula is C19H26N2O6. The smallest absolute Gasteiger partial charge is 0.354 e. The summed E-state index contributed by atoms with van der Waals surface area (Å²) in [6.45, 7) is 0.606. The van der Waals surface area contributed by atoms with Gasteiger partial charge in [-0.05, 0) is 18.7 Å². The molecule has 8 heteroatoms. The van der Waals surface area contributed by atoms with Crippen LogP contribution in [0.2, 0.25) is 0 Å². The molecule has 0 saturated carbocycles. The van der Waals surface area contributed by atoms with E-state index in [1.54, 1.807) is 27.4 Å². The second kappa shape index (κ2) is 9.29. The van der Waals surface area contributed by atoms with Crippen molar-refractivity contribution in [3.8, 4) is 28.4 Å². The van der Waals surface area contributed by atoms with Gasteiger partial charge in [-0.2, -0.15) is 0 Å². The maximum Gasteiger partial charge on any atom is 0.354 e. The first kappa shape index (κ1) is 20.6. The van der Waals surface area contributed by atoms with Gasteiger partial charge in [0.2, 0.25) is 5.75 Å². The average molecular weight is 378 g/mol. The number of rotatable bonds is 9. The number of hydrogen-bond acceptors (Lipinski definition) is 7. The second-order valence-corrected chi connectivity index (χ2v) is 5.68. The fourth-order valence-electron chi connectivity index (χ4n) is 3.12. The van der Waals surface area contributed by atoms with E-state index in [0.29, 0.717) is 41.5 Å². The molecule has 0 saturated heterocycles. The summed E-state index contributed by atoms with van der Waals surface area (Å²) in [5, 5.41) is 0. The normalized spacial score (nSPS) is 10.6. The molecule has 3 N–H and O–H groups in total. The van der Waals surface area contributed by atoms with E-state index >= 15 is 0 Å². The van der Waals surface area contributed by atoms with Gasteiger partial charge in [0.15, 0.2) is 11.5 Å². The third-order valence-corrected chi connectivity index (χ3v) is 4.23. The third kappa shape index (κ3) is 3.86. The first-order valence-corrected chi connectivity index (χ1v) is 8.38. The first-order valence-electron chi connectivity index (χ1n) is 8.38. The van der Waals surface area contributed by atoms with Gasteiger partial charge < -0.3 is 34.4 Å². The number of benzene rings is 1. The fraction of sp³-hybridized carbons (Fsp3) is 0.421. The van der Waals surface area contributed by atoms with Gasteiger partial charge in [0.25, 0.3) is 0 Å². The van der Waals surface area contributed by atoms with E-state index in [-0.39, 0.29) is 6.61 Å². The number of aromatic nitrogens is 1. The predicted octanol–water partition coefficient (Wildman–Crippen LogP) is 2.14. The average Bonchev–Trinajstić information content (AvgIpc) is 3.04. The number of hydrogen-bond donors (Lipinski definition) is 2. The van der Waals surface area contributed by atoms with Gasteiger partial charge >= 0.3 is 5.97 Å². The molecule has 0 unspecified atom stereocenters. The van der Waals surface area contributed by atoms with Crippen LogP contribution in [0, 0.1) is 0 Å². The summed E-state index contributed by atoms with van der Waals surface area (Å²) in [5.41, 5.74) is 9.07. The van der Waals surface area contributed by atoms with Crippen LogP contribution in [0.5, 0.6) is 17.2 Å². The van der Waals surface area contributed by atoms with Crippen LogP contribution in [0.15, 0.2) is 12.1 Å². The number of nitrogens with one attached hydrogen (secondary N) is 1. The minimum absolute atomic E-state index is 0.207. The molecular weight excluding hydrogens is 352 g/mol. The molecule has 0 fully saturated rings. The quantitative estimate of drug-likeness (QED) is 0.644. The maximum atomic E-state index is 12.3. The molecule has 0 spiro atoms. The molecule has 0 bridgehead atoms. The van der Waals surface area contributed by atoms with Crippen LogP contribution in [0.25, 0.3) is 11.1 Å². The van der Waals surface area contributed by atoms with E-state index in [2.05, 4.69) is 4.98 Å². The molecule has 1 aromatic carbocycles. The number of nitrogens with two attached hydrogens (primary N) is 1. The van der Waals surface area contributed by atoms with Crippen LogP contribution < -0.4 is 19.9 Å². The second-order valence-electron chi connectivity index (χ2n) is 5.68. The summed E-state index contributed by atoms with van der Waals surface area (Å²) >= 11 is 0. The predicted molar refractivity (Wildman–Crippen MR) is 101 cm³/mol. The topological polar surface area (TPSA) is 105 Å². The Hall–Kier alpha value is -2.71. The van der Waals surface area contributed by atoms with Crippen molar-refractivity contribution in [2.24, 2.45) is 5.73 Å². The van der Waals surface area contributed by atoms with Crippen LogP contribution in [0.3, 0.4) is 0 Å². The lowest BCUT2D eigenvalue weighted by atomic mass is 9.97. The number of ether oxygens (including phenoxy) is 5. The number of carbonyl (C=O) groups is 1. The lowest BCUT2D eigenvalue weighted by Gasteiger charge is -2.17. The molecule has 0 aliphatic carbocycles. The molecule has 2 rings (SSSR count). The van der Waals surface area contributed by atoms with Crippen molar-refractivity contribution in [3.63, 3.8) is 0 Å². The van der Waals surface area contributed by atoms with Crippen molar-refractivity contribution in [2.75, 3.05) is 42.1 Å². The Balaban J connectivity index is 2.83. The van der Waals surface area contributed by atoms with Crippen molar-refractivity contribution in [3.05, 3.63) is 29.1 Å². The van der Waals surface area contributed by atoms with Gasteiger partial charge in [0.1, 0.15) is 5.69 Å². The summed E-state index contributed by atoms with van der Waals surface area (Å²) in [6.07, 6.45) is 0.528. The standard InChI is InChI=1S/C19H26N2O6/c1-23-10-12-15(13(8-9-20)21-16(12)19(22)27-5)11-6-7-14(24-2)18(26-4)17(11)25-3/h6-7,21H,8-10,20H2,1-5H3. The number of H-pyrrole nitrogens is 1. The van der Waals surface area contributed by atoms with Crippen molar-refractivity contribution in [2.45, 2.75) is 13.0 Å². The van der Waals surface area contributed by atoms with Crippen molar-refractivity contribution in [1.82, 2.24) is 4.98 Å². The van der Waals surface area contributed by atoms with E-state index < -0.39 is 5.97 Å². The van der Waals surface area contributed by atoms with Gasteiger partial charge in [-0.3, -0.25) is 0 Å². The summed E-state index contributed by atoms with van der Waals surface area (Å²) in [6, 6.07) is 3.63. The highest BCUT2D eigenvalue weighted by atomic mass is 16.5. The SMILES string of the molecule is COCc1c(C(=O)OC)[nH]c(CCN)c1-c1ccc(OC)c(OC)c1OC. The molecule has 1 aromatic heterocycles. The van der Waals surface area contributed by atoms with Crippen LogP contribution in [-0.4, -0.2) is 53.0 Å². The number of aromatic amines is 1. The van der Waals surface area contributed by atoms with Gasteiger partial charge in [-0.15, -0.1) is 0 Å². The van der Waals surface area contributed by atoms with Crippen molar-refractivity contribution >= 4 is 5.97 Å². The number of methoxy groups -OCH3 is 5. The highest BCUT2D eigenvalue weighted by Crippen LogP contribution is 2.46. The minimum Gasteiger partial charge on any atom is -0.493 e. The van der Waals surface area contributed by atoms with Gasteiger partial charge in [-0.25, -0.2) is 4.79 Å². The Morgan fingerprint density at radius 2 is 1.74 bits per heavy atom. The van der Waals surface area contributed by atoms with E-state index in [1.807, 2.05) is 6.07 Å². The zero-order valence-electron chi connectivity index (χ0n) is 16.3. The fourth-order valence-corrected chi connectivity index (χ4v) is 3.12. The minimum atomic E-state index is -0.481. The molecule has 0 aliphatic heterocycles. The maximum absolute atomic E-state index is 12.3. The Kier molecular flexibility index (Phi) is 7.09. The Morgan fingerprint density at radius 1 is 1.04 bits per heavy atom. The van der Waals surface area contributed by atoms with Gasteiger partial charge in [0.05, 0.1) is 35.0 Å².